The summed E-state index contributed by atoms with van der Waals surface area (Å²) in [6.45, 7) is 5.65. The molecule has 23 heavy (non-hydrogen) atoms. The van der Waals surface area contributed by atoms with Crippen molar-refractivity contribution in [1.82, 2.24) is 10.2 Å². The maximum absolute atomic E-state index is 12.4. The summed E-state index contributed by atoms with van der Waals surface area (Å²) < 4.78 is 10.8. The van der Waals surface area contributed by atoms with Gasteiger partial charge in [0.2, 0.25) is 0 Å². The van der Waals surface area contributed by atoms with Gasteiger partial charge >= 0.3 is 0 Å². The van der Waals surface area contributed by atoms with Crippen molar-refractivity contribution in [3.05, 3.63) is 53.5 Å². The van der Waals surface area contributed by atoms with E-state index >= 15 is 0 Å². The molecular formula is C17H16N2O3S. The van der Waals surface area contributed by atoms with E-state index in [-0.39, 0.29) is 11.0 Å². The molecular weight excluding hydrogens is 312 g/mol. The van der Waals surface area contributed by atoms with Gasteiger partial charge in [-0.2, -0.15) is 0 Å². The quantitative estimate of drug-likeness (QED) is 0.513. The van der Waals surface area contributed by atoms with Crippen molar-refractivity contribution in [3.8, 4) is 11.5 Å². The van der Waals surface area contributed by atoms with Gasteiger partial charge in [-0.05, 0) is 26.8 Å². The van der Waals surface area contributed by atoms with Crippen LogP contribution >= 0.6 is 11.8 Å². The number of ketones is 1. The van der Waals surface area contributed by atoms with Crippen molar-refractivity contribution in [2.45, 2.75) is 31.2 Å². The summed E-state index contributed by atoms with van der Waals surface area (Å²) in [4.78, 5) is 12.4. The van der Waals surface area contributed by atoms with Gasteiger partial charge in [0, 0.05) is 5.56 Å². The number of aromatic nitrogens is 2. The summed E-state index contributed by atoms with van der Waals surface area (Å²) in [5.74, 6) is 1.15. The van der Waals surface area contributed by atoms with Crippen LogP contribution in [0.1, 0.15) is 28.6 Å². The molecule has 0 bridgehead atoms. The Labute approximate surface area is 138 Å². The number of hydrogen-bond donors (Lipinski definition) is 0. The van der Waals surface area contributed by atoms with Crippen molar-refractivity contribution in [2.24, 2.45) is 0 Å². The Morgan fingerprint density at radius 2 is 1.87 bits per heavy atom. The van der Waals surface area contributed by atoms with Crippen LogP contribution in [-0.2, 0) is 0 Å². The topological polar surface area (TPSA) is 69.1 Å². The number of Topliss-reactive ketones (excluding diaryl/α,β-unsaturated/α-hetero) is 1. The normalized spacial score (nSPS) is 12.3. The molecule has 3 aromatic rings. The fourth-order valence-electron chi connectivity index (χ4n) is 2.13. The van der Waals surface area contributed by atoms with E-state index in [4.69, 9.17) is 8.83 Å². The minimum Gasteiger partial charge on any atom is -0.469 e. The first-order valence-electron chi connectivity index (χ1n) is 7.20. The largest absolute Gasteiger partial charge is 0.469 e. The lowest BCUT2D eigenvalue weighted by Crippen LogP contribution is -2.13. The molecule has 0 aliphatic heterocycles. The highest BCUT2D eigenvalue weighted by Gasteiger charge is 2.20. The molecule has 0 N–H and O–H groups in total. The molecule has 0 unspecified atom stereocenters. The van der Waals surface area contributed by atoms with E-state index in [1.54, 1.807) is 12.3 Å². The molecule has 0 spiro atoms. The molecule has 0 fully saturated rings. The summed E-state index contributed by atoms with van der Waals surface area (Å²) >= 11 is 1.25. The summed E-state index contributed by atoms with van der Waals surface area (Å²) in [6, 6.07) is 9.30. The number of furan rings is 1. The molecule has 2 heterocycles. The molecule has 118 valence electrons. The van der Waals surface area contributed by atoms with Crippen LogP contribution < -0.4 is 0 Å². The van der Waals surface area contributed by atoms with Crippen LogP contribution in [0.3, 0.4) is 0 Å². The van der Waals surface area contributed by atoms with Crippen molar-refractivity contribution < 1.29 is 13.6 Å². The molecule has 1 aromatic carbocycles. The lowest BCUT2D eigenvalue weighted by atomic mass is 10.1. The van der Waals surface area contributed by atoms with Gasteiger partial charge in [0.05, 0.1) is 17.1 Å². The van der Waals surface area contributed by atoms with Gasteiger partial charge in [0.25, 0.3) is 11.1 Å². The van der Waals surface area contributed by atoms with E-state index in [2.05, 4.69) is 10.2 Å². The van der Waals surface area contributed by atoms with Crippen LogP contribution in [0, 0.1) is 13.8 Å². The molecule has 0 saturated carbocycles. The number of nitrogens with zero attached hydrogens (tertiary/aromatic N) is 2. The second-order valence-corrected chi connectivity index (χ2v) is 6.55. The molecule has 0 aliphatic carbocycles. The number of rotatable bonds is 5. The molecule has 5 nitrogen and oxygen atoms in total. The molecule has 6 heteroatoms. The number of carbonyl (C=O) groups is 1. The van der Waals surface area contributed by atoms with Crippen molar-refractivity contribution >= 4 is 17.5 Å². The van der Waals surface area contributed by atoms with Gasteiger partial charge in [0.1, 0.15) is 5.76 Å². The average molecular weight is 328 g/mol. The van der Waals surface area contributed by atoms with Crippen LogP contribution in [-0.4, -0.2) is 21.2 Å². The fourth-order valence-corrected chi connectivity index (χ4v) is 2.89. The predicted molar refractivity (Wildman–Crippen MR) is 87.6 cm³/mol. The summed E-state index contributed by atoms with van der Waals surface area (Å²) in [6.07, 6.45) is 1.57. The molecule has 0 amide bonds. The number of aryl methyl sites for hydroxylation is 2. The van der Waals surface area contributed by atoms with Crippen molar-refractivity contribution in [1.29, 1.82) is 0 Å². The second kappa shape index (κ2) is 6.42. The Morgan fingerprint density at radius 3 is 2.52 bits per heavy atom. The highest BCUT2D eigenvalue weighted by molar-refractivity contribution is 8.00. The van der Waals surface area contributed by atoms with E-state index < -0.39 is 0 Å². The lowest BCUT2D eigenvalue weighted by Gasteiger charge is -2.07. The lowest BCUT2D eigenvalue weighted by molar-refractivity contribution is 0.0993. The zero-order chi connectivity index (χ0) is 16.4. The zero-order valence-corrected chi connectivity index (χ0v) is 13.9. The van der Waals surface area contributed by atoms with Crippen LogP contribution in [0.5, 0.6) is 0 Å². The third kappa shape index (κ3) is 3.37. The van der Waals surface area contributed by atoms with E-state index in [1.165, 1.54) is 11.8 Å². The van der Waals surface area contributed by atoms with Crippen molar-refractivity contribution in [2.75, 3.05) is 0 Å². The summed E-state index contributed by atoms with van der Waals surface area (Å²) in [5, 5.41) is 8.06. The third-order valence-electron chi connectivity index (χ3n) is 3.48. The molecule has 0 saturated heterocycles. The maximum Gasteiger partial charge on any atom is 0.277 e. The Bertz CT molecular complexity index is 820. The van der Waals surface area contributed by atoms with Crippen LogP contribution in [0.15, 0.2) is 50.7 Å². The molecule has 0 radical (unpaired) electrons. The highest BCUT2D eigenvalue weighted by atomic mass is 32.2. The number of thioether (sulfide) groups is 1. The van der Waals surface area contributed by atoms with Gasteiger partial charge < -0.3 is 8.83 Å². The van der Waals surface area contributed by atoms with Gasteiger partial charge in [-0.1, -0.05) is 41.6 Å². The first-order valence-corrected chi connectivity index (χ1v) is 8.08. The minimum atomic E-state index is -0.309. The van der Waals surface area contributed by atoms with Gasteiger partial charge in [-0.25, -0.2) is 0 Å². The third-order valence-corrected chi connectivity index (χ3v) is 4.41. The monoisotopic (exact) mass is 328 g/mol. The van der Waals surface area contributed by atoms with Gasteiger partial charge in [-0.3, -0.25) is 4.79 Å². The molecule has 3 rings (SSSR count). The fraction of sp³-hybridized carbons (Fsp3) is 0.235. The number of hydrogen-bond acceptors (Lipinski definition) is 6. The van der Waals surface area contributed by atoms with E-state index in [1.807, 2.05) is 45.0 Å². The van der Waals surface area contributed by atoms with E-state index in [9.17, 15) is 4.79 Å². The highest BCUT2D eigenvalue weighted by Crippen LogP contribution is 2.29. The first-order chi connectivity index (χ1) is 11.0. The summed E-state index contributed by atoms with van der Waals surface area (Å²) in [5.41, 5.74) is 2.57. The smallest absolute Gasteiger partial charge is 0.277 e. The van der Waals surface area contributed by atoms with Gasteiger partial charge in [-0.15, -0.1) is 10.2 Å². The molecule has 1 atom stereocenters. The second-order valence-electron chi connectivity index (χ2n) is 5.25. The Hall–Kier alpha value is -2.34. The van der Waals surface area contributed by atoms with Crippen molar-refractivity contribution in [3.63, 3.8) is 0 Å². The van der Waals surface area contributed by atoms with Crippen LogP contribution in [0.25, 0.3) is 11.5 Å². The SMILES string of the molecule is Cc1ccc(C(=O)[C@H](C)Sc2nnc(-c3ccoc3C)o2)cc1. The Balaban J connectivity index is 1.72. The van der Waals surface area contributed by atoms with Crippen LogP contribution in [0.2, 0.25) is 0 Å². The predicted octanol–water partition coefficient (Wildman–Crippen LogP) is 4.31. The Kier molecular flexibility index (Phi) is 4.34. The average Bonchev–Trinajstić information content (AvgIpc) is 3.16. The van der Waals surface area contributed by atoms with E-state index in [0.29, 0.717) is 22.4 Å². The zero-order valence-electron chi connectivity index (χ0n) is 13.1. The first kappa shape index (κ1) is 15.6. The minimum absolute atomic E-state index is 0.0363. The number of carbonyl (C=O) groups excluding carboxylic acids is 1. The standard InChI is InChI=1S/C17H16N2O3S/c1-10-4-6-13(7-5-10)15(20)12(3)23-17-19-18-16(22-17)14-8-9-21-11(14)2/h4-9,12H,1-3H3/t12-/m0/s1. The van der Waals surface area contributed by atoms with E-state index in [0.717, 1.165) is 11.1 Å². The van der Waals surface area contributed by atoms with Crippen LogP contribution in [0.4, 0.5) is 0 Å². The molecule has 0 aliphatic rings. The number of benzene rings is 1. The Morgan fingerprint density at radius 1 is 1.13 bits per heavy atom. The summed E-state index contributed by atoms with van der Waals surface area (Å²) in [7, 11) is 0. The maximum atomic E-state index is 12.4. The van der Waals surface area contributed by atoms with Gasteiger partial charge in [0.15, 0.2) is 5.78 Å². The molecule has 2 aromatic heterocycles.